The van der Waals surface area contributed by atoms with Crippen LogP contribution in [0.15, 0.2) is 36.4 Å². The van der Waals surface area contributed by atoms with E-state index in [9.17, 15) is 9.59 Å². The summed E-state index contributed by atoms with van der Waals surface area (Å²) < 4.78 is 11.0. The second-order valence-corrected chi connectivity index (χ2v) is 8.09. The minimum atomic E-state index is -0.516. The van der Waals surface area contributed by atoms with Crippen LogP contribution < -0.4 is 10.1 Å². The van der Waals surface area contributed by atoms with Gasteiger partial charge in [0.05, 0.1) is 24.8 Å². The van der Waals surface area contributed by atoms with Crippen LogP contribution >= 0.6 is 0 Å². The van der Waals surface area contributed by atoms with Gasteiger partial charge in [-0.05, 0) is 50.6 Å². The largest absolute Gasteiger partial charge is 0.490 e. The van der Waals surface area contributed by atoms with E-state index in [0.717, 1.165) is 11.1 Å². The normalized spacial score (nSPS) is 11.3. The molecule has 1 aromatic carbocycles. The van der Waals surface area contributed by atoms with Crippen molar-refractivity contribution >= 4 is 17.7 Å². The number of benzene rings is 1. The second kappa shape index (κ2) is 9.54. The van der Waals surface area contributed by atoms with E-state index in [2.05, 4.69) is 10.3 Å². The van der Waals surface area contributed by atoms with Gasteiger partial charge in [0.15, 0.2) is 0 Å². The topological polar surface area (TPSA) is 77.5 Å². The first kappa shape index (κ1) is 22.4. The average molecular weight is 399 g/mol. The van der Waals surface area contributed by atoms with Crippen molar-refractivity contribution in [2.75, 3.05) is 11.9 Å². The highest BCUT2D eigenvalue weighted by molar-refractivity contribution is 5.94. The molecule has 1 aromatic heterocycles. The molecule has 1 N–H and O–H groups in total. The summed E-state index contributed by atoms with van der Waals surface area (Å²) in [4.78, 5) is 28.7. The summed E-state index contributed by atoms with van der Waals surface area (Å²) in [6.45, 7) is 11.6. The van der Waals surface area contributed by atoms with Crippen LogP contribution in [-0.2, 0) is 20.7 Å². The van der Waals surface area contributed by atoms with Crippen molar-refractivity contribution in [3.8, 4) is 17.0 Å². The molecule has 2 aromatic rings. The number of hydrogen-bond donors (Lipinski definition) is 1. The van der Waals surface area contributed by atoms with Gasteiger partial charge in [0, 0.05) is 11.0 Å². The van der Waals surface area contributed by atoms with Gasteiger partial charge in [0.2, 0.25) is 5.91 Å². The maximum absolute atomic E-state index is 12.3. The van der Waals surface area contributed by atoms with Crippen molar-refractivity contribution in [2.45, 2.75) is 54.1 Å². The summed E-state index contributed by atoms with van der Waals surface area (Å²) >= 11 is 0. The van der Waals surface area contributed by atoms with Crippen molar-refractivity contribution in [1.82, 2.24) is 4.98 Å². The third-order valence-electron chi connectivity index (χ3n) is 4.01. The molecule has 0 aliphatic heterocycles. The van der Waals surface area contributed by atoms with Crippen LogP contribution in [0.5, 0.6) is 5.75 Å². The van der Waals surface area contributed by atoms with E-state index in [1.807, 2.05) is 65.0 Å². The Morgan fingerprint density at radius 2 is 1.86 bits per heavy atom. The SMILES string of the molecule is CCOC(=O)Cc1ccc(-c2cccc(NC(=O)C(C)(C)C)n2)c(OC(C)C)c1. The Morgan fingerprint density at radius 3 is 2.48 bits per heavy atom. The number of carbonyl (C=O) groups excluding carboxylic acids is 2. The third kappa shape index (κ3) is 6.59. The first-order valence-corrected chi connectivity index (χ1v) is 9.84. The molecule has 1 amide bonds. The zero-order valence-electron chi connectivity index (χ0n) is 18.0. The maximum Gasteiger partial charge on any atom is 0.310 e. The molecule has 1 heterocycles. The van der Waals surface area contributed by atoms with Gasteiger partial charge in [-0.3, -0.25) is 9.59 Å². The lowest BCUT2D eigenvalue weighted by molar-refractivity contribution is -0.142. The Kier molecular flexibility index (Phi) is 7.37. The predicted molar refractivity (Wildman–Crippen MR) is 114 cm³/mol. The van der Waals surface area contributed by atoms with Crippen LogP contribution in [0.2, 0.25) is 0 Å². The van der Waals surface area contributed by atoms with Gasteiger partial charge in [-0.1, -0.05) is 32.9 Å². The van der Waals surface area contributed by atoms with E-state index in [4.69, 9.17) is 9.47 Å². The standard InChI is InChI=1S/C23H30N2O4/c1-7-28-21(26)14-16-11-12-17(19(13-16)29-15(2)3)18-9-8-10-20(24-18)25-22(27)23(4,5)6/h8-13,15H,7,14H2,1-6H3,(H,24,25,27). The Labute approximate surface area is 172 Å². The average Bonchev–Trinajstić information content (AvgIpc) is 2.61. The fourth-order valence-electron chi connectivity index (χ4n) is 2.58. The van der Waals surface area contributed by atoms with E-state index >= 15 is 0 Å². The van der Waals surface area contributed by atoms with Crippen LogP contribution in [0.4, 0.5) is 5.82 Å². The molecule has 0 radical (unpaired) electrons. The smallest absolute Gasteiger partial charge is 0.310 e. The number of carbonyl (C=O) groups is 2. The summed E-state index contributed by atoms with van der Waals surface area (Å²) in [6.07, 6.45) is 0.132. The Balaban J connectivity index is 2.36. The molecule has 0 atom stereocenters. The molecule has 0 unspecified atom stereocenters. The van der Waals surface area contributed by atoms with E-state index in [0.29, 0.717) is 23.9 Å². The number of pyridine rings is 1. The van der Waals surface area contributed by atoms with E-state index < -0.39 is 5.41 Å². The Morgan fingerprint density at radius 1 is 1.14 bits per heavy atom. The number of amides is 1. The number of aromatic nitrogens is 1. The number of hydrogen-bond acceptors (Lipinski definition) is 5. The van der Waals surface area contributed by atoms with Crippen molar-refractivity contribution < 1.29 is 19.1 Å². The number of rotatable bonds is 7. The zero-order valence-corrected chi connectivity index (χ0v) is 18.0. The molecule has 0 saturated carbocycles. The molecule has 0 bridgehead atoms. The molecule has 0 spiro atoms. The van der Waals surface area contributed by atoms with Crippen molar-refractivity contribution in [3.05, 3.63) is 42.0 Å². The highest BCUT2D eigenvalue weighted by Gasteiger charge is 2.22. The van der Waals surface area contributed by atoms with E-state index in [-0.39, 0.29) is 24.4 Å². The zero-order chi connectivity index (χ0) is 21.6. The van der Waals surface area contributed by atoms with Crippen LogP contribution in [0.25, 0.3) is 11.3 Å². The first-order chi connectivity index (χ1) is 13.6. The number of nitrogens with zero attached hydrogens (tertiary/aromatic N) is 1. The number of ether oxygens (including phenoxy) is 2. The lowest BCUT2D eigenvalue weighted by Crippen LogP contribution is -2.28. The summed E-state index contributed by atoms with van der Waals surface area (Å²) in [5.74, 6) is 0.730. The second-order valence-electron chi connectivity index (χ2n) is 8.09. The van der Waals surface area contributed by atoms with Crippen LogP contribution in [-0.4, -0.2) is 29.6 Å². The maximum atomic E-state index is 12.3. The molecule has 156 valence electrons. The van der Waals surface area contributed by atoms with Crippen molar-refractivity contribution in [1.29, 1.82) is 0 Å². The van der Waals surface area contributed by atoms with Gasteiger partial charge in [0.25, 0.3) is 0 Å². The van der Waals surface area contributed by atoms with Crippen LogP contribution in [0.3, 0.4) is 0 Å². The monoisotopic (exact) mass is 398 g/mol. The van der Waals surface area contributed by atoms with Gasteiger partial charge in [-0.15, -0.1) is 0 Å². The minimum absolute atomic E-state index is 0.0460. The van der Waals surface area contributed by atoms with Crippen LogP contribution in [0.1, 0.15) is 47.1 Å². The summed E-state index contributed by atoms with van der Waals surface area (Å²) in [7, 11) is 0. The van der Waals surface area contributed by atoms with Crippen molar-refractivity contribution in [2.24, 2.45) is 5.41 Å². The molecule has 2 rings (SSSR count). The third-order valence-corrected chi connectivity index (χ3v) is 4.01. The number of nitrogens with one attached hydrogen (secondary N) is 1. The predicted octanol–water partition coefficient (Wildman–Crippen LogP) is 4.63. The highest BCUT2D eigenvalue weighted by atomic mass is 16.5. The molecular weight excluding hydrogens is 368 g/mol. The van der Waals surface area contributed by atoms with Gasteiger partial charge >= 0.3 is 5.97 Å². The van der Waals surface area contributed by atoms with E-state index in [1.54, 1.807) is 13.0 Å². The van der Waals surface area contributed by atoms with E-state index in [1.165, 1.54) is 0 Å². The summed E-state index contributed by atoms with van der Waals surface area (Å²) in [6, 6.07) is 11.0. The molecule has 0 aliphatic rings. The quantitative estimate of drug-likeness (QED) is 0.688. The van der Waals surface area contributed by atoms with Gasteiger partial charge < -0.3 is 14.8 Å². The highest BCUT2D eigenvalue weighted by Crippen LogP contribution is 2.32. The van der Waals surface area contributed by atoms with Gasteiger partial charge in [-0.2, -0.15) is 0 Å². The number of anilines is 1. The van der Waals surface area contributed by atoms with Gasteiger partial charge in [-0.25, -0.2) is 4.98 Å². The first-order valence-electron chi connectivity index (χ1n) is 9.84. The molecule has 0 aliphatic carbocycles. The molecule has 6 nitrogen and oxygen atoms in total. The Bertz CT molecular complexity index is 869. The Hall–Kier alpha value is -2.89. The minimum Gasteiger partial charge on any atom is -0.490 e. The molecule has 0 saturated heterocycles. The fraction of sp³-hybridized carbons (Fsp3) is 0.435. The molecule has 0 fully saturated rings. The summed E-state index contributed by atoms with van der Waals surface area (Å²) in [5.41, 5.74) is 1.76. The lowest BCUT2D eigenvalue weighted by Gasteiger charge is -2.18. The van der Waals surface area contributed by atoms with Crippen LogP contribution in [0, 0.1) is 5.41 Å². The number of esters is 1. The molecule has 29 heavy (non-hydrogen) atoms. The molecule has 6 heteroatoms. The molecular formula is C23H30N2O4. The fourth-order valence-corrected chi connectivity index (χ4v) is 2.58. The lowest BCUT2D eigenvalue weighted by atomic mass is 9.96. The van der Waals surface area contributed by atoms with Gasteiger partial charge in [0.1, 0.15) is 11.6 Å². The summed E-state index contributed by atoms with van der Waals surface area (Å²) in [5, 5.41) is 2.85. The van der Waals surface area contributed by atoms with Crippen molar-refractivity contribution in [3.63, 3.8) is 0 Å².